The van der Waals surface area contributed by atoms with Crippen molar-refractivity contribution in [1.29, 1.82) is 0 Å². The molecule has 0 spiro atoms. The van der Waals surface area contributed by atoms with Gasteiger partial charge in [0, 0.05) is 0 Å². The number of benzene rings is 1. The molecule has 1 nitrogen and oxygen atoms in total. The van der Waals surface area contributed by atoms with E-state index in [4.69, 9.17) is 4.74 Å². The summed E-state index contributed by atoms with van der Waals surface area (Å²) in [5.41, 5.74) is 0.528. The van der Waals surface area contributed by atoms with Gasteiger partial charge in [-0.25, -0.2) is 0 Å². The average Bonchev–Trinajstić information content (AvgIpc) is 2.99. The van der Waals surface area contributed by atoms with E-state index >= 15 is 0 Å². The van der Waals surface area contributed by atoms with Crippen molar-refractivity contribution >= 4 is 13.3 Å². The molecule has 1 aromatic rings. The second kappa shape index (κ2) is 3.76. The zero-order chi connectivity index (χ0) is 11.1. The third kappa shape index (κ3) is 2.01. The maximum Gasteiger partial charge on any atom is 0.116 e. The molecule has 0 bridgehead atoms. The maximum absolute atomic E-state index is 5.86. The van der Waals surface area contributed by atoms with Crippen molar-refractivity contribution in [2.45, 2.75) is 38.8 Å². The Hall–Kier alpha value is -0.603. The van der Waals surface area contributed by atoms with Gasteiger partial charge in [-0.15, -0.1) is 0 Å². The normalized spacial score (nSPS) is 25.7. The van der Waals surface area contributed by atoms with Crippen LogP contribution in [0, 0.1) is 5.92 Å². The third-order valence-corrected chi connectivity index (χ3v) is 7.12. The fraction of sp³-hybridized carbons (Fsp3) is 0.538. The van der Waals surface area contributed by atoms with Gasteiger partial charge in [0.2, 0.25) is 0 Å². The molecule has 0 aromatic heterocycles. The molecule has 2 rings (SSSR count). The summed E-state index contributed by atoms with van der Waals surface area (Å²) in [6.07, 6.45) is 0.506. The lowest BCUT2D eigenvalue weighted by molar-refractivity contribution is 0.348. The number of hydrogen-bond acceptors (Lipinski definition) is 1. The molecule has 1 fully saturated rings. The summed E-state index contributed by atoms with van der Waals surface area (Å²) < 4.78 is 5.86. The van der Waals surface area contributed by atoms with Crippen molar-refractivity contribution in [3.05, 3.63) is 30.3 Å². The number of epoxide rings is 1. The molecule has 1 aromatic carbocycles. The highest BCUT2D eigenvalue weighted by Crippen LogP contribution is 2.35. The van der Waals surface area contributed by atoms with Crippen LogP contribution in [0.25, 0.3) is 0 Å². The highest BCUT2D eigenvalue weighted by Gasteiger charge is 2.52. The van der Waals surface area contributed by atoms with E-state index in [1.54, 1.807) is 0 Å². The SMILES string of the molecule is CC(C)[C@@H]1O[C@H]1[Si](C)(C)c1ccccc1. The first-order chi connectivity index (χ1) is 7.03. The predicted molar refractivity (Wildman–Crippen MR) is 67.1 cm³/mol. The zero-order valence-corrected chi connectivity index (χ0v) is 11.0. The van der Waals surface area contributed by atoms with E-state index in [2.05, 4.69) is 57.3 Å². The molecule has 15 heavy (non-hydrogen) atoms. The first kappa shape index (κ1) is 10.9. The Morgan fingerprint density at radius 1 is 1.13 bits per heavy atom. The van der Waals surface area contributed by atoms with Gasteiger partial charge in [0.05, 0.1) is 11.8 Å². The van der Waals surface area contributed by atoms with Gasteiger partial charge in [-0.3, -0.25) is 0 Å². The van der Waals surface area contributed by atoms with Crippen LogP contribution >= 0.6 is 0 Å². The summed E-state index contributed by atoms with van der Waals surface area (Å²) in [7, 11) is -1.39. The van der Waals surface area contributed by atoms with Crippen LogP contribution in [0.4, 0.5) is 0 Å². The van der Waals surface area contributed by atoms with Crippen LogP contribution < -0.4 is 5.19 Å². The van der Waals surface area contributed by atoms with Crippen molar-refractivity contribution in [1.82, 2.24) is 0 Å². The first-order valence-electron chi connectivity index (χ1n) is 5.74. The summed E-state index contributed by atoms with van der Waals surface area (Å²) in [6, 6.07) is 10.9. The summed E-state index contributed by atoms with van der Waals surface area (Å²) in [5, 5.41) is 1.51. The van der Waals surface area contributed by atoms with Crippen molar-refractivity contribution in [2.75, 3.05) is 0 Å². The van der Waals surface area contributed by atoms with Crippen LogP contribution in [-0.4, -0.2) is 19.9 Å². The predicted octanol–water partition coefficient (Wildman–Crippen LogP) is 2.56. The summed E-state index contributed by atoms with van der Waals surface area (Å²) >= 11 is 0. The Balaban J connectivity index is 2.15. The lowest BCUT2D eigenvalue weighted by Gasteiger charge is -2.20. The van der Waals surface area contributed by atoms with Gasteiger partial charge < -0.3 is 4.74 Å². The van der Waals surface area contributed by atoms with Crippen LogP contribution in [0.5, 0.6) is 0 Å². The van der Waals surface area contributed by atoms with E-state index in [9.17, 15) is 0 Å². The summed E-state index contributed by atoms with van der Waals surface area (Å²) in [4.78, 5) is 0. The van der Waals surface area contributed by atoms with E-state index in [0.717, 1.165) is 0 Å². The maximum atomic E-state index is 5.86. The lowest BCUT2D eigenvalue weighted by atomic mass is 10.1. The number of rotatable bonds is 3. The Morgan fingerprint density at radius 3 is 2.20 bits per heavy atom. The van der Waals surface area contributed by atoms with Crippen LogP contribution in [-0.2, 0) is 4.74 Å². The van der Waals surface area contributed by atoms with Gasteiger partial charge in [-0.05, 0) is 5.92 Å². The van der Waals surface area contributed by atoms with E-state index in [-0.39, 0.29) is 0 Å². The van der Waals surface area contributed by atoms with E-state index in [1.807, 2.05) is 0 Å². The Morgan fingerprint density at radius 2 is 1.73 bits per heavy atom. The fourth-order valence-electron chi connectivity index (χ4n) is 2.24. The lowest BCUT2D eigenvalue weighted by Crippen LogP contribution is -2.48. The molecule has 0 unspecified atom stereocenters. The van der Waals surface area contributed by atoms with Gasteiger partial charge in [0.1, 0.15) is 8.07 Å². The zero-order valence-electron chi connectivity index (χ0n) is 10.0. The van der Waals surface area contributed by atoms with Crippen molar-refractivity contribution in [3.8, 4) is 0 Å². The standard InChI is InChI=1S/C13H20OSi/c1-10(2)12-13(14-12)15(3,4)11-8-6-5-7-9-11/h5-10,12-13H,1-4H3/t12-,13-/m0/s1. The van der Waals surface area contributed by atoms with E-state index < -0.39 is 8.07 Å². The van der Waals surface area contributed by atoms with Crippen LogP contribution in [0.3, 0.4) is 0 Å². The van der Waals surface area contributed by atoms with Crippen LogP contribution in [0.15, 0.2) is 30.3 Å². The molecule has 2 atom stereocenters. The largest absolute Gasteiger partial charge is 0.373 e. The second-order valence-electron chi connectivity index (χ2n) is 5.35. The second-order valence-corrected chi connectivity index (χ2v) is 9.94. The molecule has 0 saturated carbocycles. The molecule has 0 radical (unpaired) electrons. The Kier molecular flexibility index (Phi) is 2.73. The number of hydrogen-bond donors (Lipinski definition) is 0. The minimum Gasteiger partial charge on any atom is -0.373 e. The van der Waals surface area contributed by atoms with E-state index in [1.165, 1.54) is 5.19 Å². The van der Waals surface area contributed by atoms with Gasteiger partial charge >= 0.3 is 0 Å². The quantitative estimate of drug-likeness (QED) is 0.563. The third-order valence-electron chi connectivity index (χ3n) is 3.41. The topological polar surface area (TPSA) is 12.5 Å². The monoisotopic (exact) mass is 220 g/mol. The fourth-order valence-corrected chi connectivity index (χ4v) is 5.33. The smallest absolute Gasteiger partial charge is 0.116 e. The molecule has 1 aliphatic rings. The minimum atomic E-state index is -1.39. The van der Waals surface area contributed by atoms with Crippen LogP contribution in [0.2, 0.25) is 13.1 Å². The molecular formula is C13H20OSi. The first-order valence-corrected chi connectivity index (χ1v) is 8.82. The van der Waals surface area contributed by atoms with Crippen molar-refractivity contribution < 1.29 is 4.74 Å². The molecule has 0 aliphatic carbocycles. The van der Waals surface area contributed by atoms with Crippen molar-refractivity contribution in [2.24, 2.45) is 5.92 Å². The Bertz CT molecular complexity index is 332. The highest BCUT2D eigenvalue weighted by molar-refractivity contribution is 6.91. The Labute approximate surface area is 93.5 Å². The molecule has 0 amide bonds. The van der Waals surface area contributed by atoms with Gasteiger partial charge in [0.25, 0.3) is 0 Å². The summed E-state index contributed by atoms with van der Waals surface area (Å²) in [6.45, 7) is 9.32. The van der Waals surface area contributed by atoms with E-state index in [0.29, 0.717) is 17.7 Å². The highest BCUT2D eigenvalue weighted by atomic mass is 28.3. The van der Waals surface area contributed by atoms with Crippen molar-refractivity contribution in [3.63, 3.8) is 0 Å². The molecular weight excluding hydrogens is 200 g/mol. The molecule has 1 aliphatic heterocycles. The summed E-state index contributed by atoms with van der Waals surface area (Å²) in [5.74, 6) is 0.658. The average molecular weight is 220 g/mol. The minimum absolute atomic E-state index is 0.506. The molecule has 2 heteroatoms. The molecule has 0 N–H and O–H groups in total. The van der Waals surface area contributed by atoms with Gasteiger partial charge in [-0.1, -0.05) is 62.5 Å². The van der Waals surface area contributed by atoms with Gasteiger partial charge in [0.15, 0.2) is 0 Å². The molecule has 82 valence electrons. The van der Waals surface area contributed by atoms with Crippen LogP contribution in [0.1, 0.15) is 13.8 Å². The molecule has 1 saturated heterocycles. The van der Waals surface area contributed by atoms with Gasteiger partial charge in [-0.2, -0.15) is 0 Å². The molecule has 1 heterocycles. The number of ether oxygens (including phenoxy) is 1.